The molecule has 9 heteroatoms. The number of hydrogen-bond donors (Lipinski definition) is 3. The number of benzene rings is 3. The fraction of sp³-hybridized carbons (Fsp3) is 0.537. The highest BCUT2D eigenvalue weighted by molar-refractivity contribution is 7.51. The molecule has 274 valence electrons. The minimum atomic E-state index is -4.37. The van der Waals surface area contributed by atoms with Crippen LogP contribution in [0.15, 0.2) is 72.8 Å². The van der Waals surface area contributed by atoms with E-state index in [1.54, 1.807) is 0 Å². The fourth-order valence-corrected chi connectivity index (χ4v) is 8.33. The van der Waals surface area contributed by atoms with Crippen molar-refractivity contribution in [1.82, 2.24) is 5.32 Å². The summed E-state index contributed by atoms with van der Waals surface area (Å²) in [6.07, 6.45) is 8.80. The minimum absolute atomic E-state index is 0.0617. The lowest BCUT2D eigenvalue weighted by atomic mass is 9.89. The van der Waals surface area contributed by atoms with Gasteiger partial charge in [-0.3, -0.25) is 4.57 Å². The SMILES string of the molecule is CCCCCCCCc1ccc(CCC(CCP(=O)(O)O)(CO[Si](C)(C)C(C)(C)C)NC(=O)OCC2c3ccccc3-c3ccccc32)cc1. The molecule has 1 unspecified atom stereocenters. The van der Waals surface area contributed by atoms with Crippen molar-refractivity contribution in [3.05, 3.63) is 95.1 Å². The van der Waals surface area contributed by atoms with E-state index in [2.05, 4.69) is 94.6 Å². The molecular formula is C41H60NO6PSi. The number of unbranched alkanes of at least 4 members (excludes halogenated alkanes) is 5. The Morgan fingerprint density at radius 2 is 1.34 bits per heavy atom. The van der Waals surface area contributed by atoms with Crippen molar-refractivity contribution in [2.75, 3.05) is 19.4 Å². The van der Waals surface area contributed by atoms with E-state index < -0.39 is 27.5 Å². The van der Waals surface area contributed by atoms with Gasteiger partial charge in [-0.05, 0) is 83.6 Å². The second-order valence-electron chi connectivity index (χ2n) is 15.8. The molecule has 0 radical (unpaired) electrons. The molecule has 0 saturated carbocycles. The van der Waals surface area contributed by atoms with Gasteiger partial charge in [-0.2, -0.15) is 0 Å². The van der Waals surface area contributed by atoms with E-state index in [9.17, 15) is 19.1 Å². The van der Waals surface area contributed by atoms with Crippen molar-refractivity contribution in [2.45, 2.75) is 121 Å². The number of aryl methyl sites for hydroxylation is 2. The van der Waals surface area contributed by atoms with Gasteiger partial charge in [-0.15, -0.1) is 0 Å². The smallest absolute Gasteiger partial charge is 0.407 e. The minimum Gasteiger partial charge on any atom is -0.449 e. The second kappa shape index (κ2) is 17.7. The van der Waals surface area contributed by atoms with Crippen LogP contribution in [-0.4, -0.2) is 49.1 Å². The molecule has 0 aliphatic heterocycles. The van der Waals surface area contributed by atoms with Gasteiger partial charge in [0.15, 0.2) is 8.32 Å². The standard InChI is InChI=1S/C41H60NO6PSi/c1-7-8-9-10-11-12-17-32-22-24-33(25-23-32)26-27-41(28-29-49(44,45)46,31-48-50(5,6)40(2,3)4)42-39(43)47-30-38-36-20-15-13-18-34(36)35-19-14-16-21-37(35)38/h13-16,18-25,38H,7-12,17,26-31H2,1-6H3,(H,42,43)(H2,44,45,46). The highest BCUT2D eigenvalue weighted by atomic mass is 31.2. The number of alkyl carbamates (subject to hydrolysis) is 1. The van der Waals surface area contributed by atoms with E-state index in [1.807, 2.05) is 24.3 Å². The van der Waals surface area contributed by atoms with Gasteiger partial charge in [0.2, 0.25) is 0 Å². The van der Waals surface area contributed by atoms with Crippen LogP contribution in [0.4, 0.5) is 4.79 Å². The average Bonchev–Trinajstić information content (AvgIpc) is 3.39. The lowest BCUT2D eigenvalue weighted by molar-refractivity contribution is 0.105. The summed E-state index contributed by atoms with van der Waals surface area (Å²) in [6.45, 7) is 13.3. The van der Waals surface area contributed by atoms with Crippen molar-refractivity contribution < 1.29 is 28.3 Å². The number of carbonyl (C=O) groups is 1. The van der Waals surface area contributed by atoms with Crippen molar-refractivity contribution in [3.63, 3.8) is 0 Å². The van der Waals surface area contributed by atoms with Crippen molar-refractivity contribution in [1.29, 1.82) is 0 Å². The molecule has 3 N–H and O–H groups in total. The molecule has 7 nitrogen and oxygen atoms in total. The molecule has 0 saturated heterocycles. The summed E-state index contributed by atoms with van der Waals surface area (Å²) in [5.74, 6) is -0.101. The Kier molecular flexibility index (Phi) is 14.1. The molecule has 4 rings (SSSR count). The summed E-state index contributed by atoms with van der Waals surface area (Å²) in [6, 6.07) is 25.1. The Morgan fingerprint density at radius 3 is 1.90 bits per heavy atom. The van der Waals surface area contributed by atoms with Gasteiger partial charge in [-0.1, -0.05) is 133 Å². The Bertz CT molecular complexity index is 1530. The quantitative estimate of drug-likeness (QED) is 0.0647. The molecule has 0 fully saturated rings. The Balaban J connectivity index is 1.51. The average molecular weight is 722 g/mol. The van der Waals surface area contributed by atoms with E-state index in [0.29, 0.717) is 12.8 Å². The molecule has 0 spiro atoms. The maximum Gasteiger partial charge on any atom is 0.407 e. The van der Waals surface area contributed by atoms with Crippen molar-refractivity contribution in [2.24, 2.45) is 0 Å². The number of nitrogens with one attached hydrogen (secondary N) is 1. The van der Waals surface area contributed by atoms with E-state index >= 15 is 0 Å². The normalized spacial score (nSPS) is 14.6. The summed E-state index contributed by atoms with van der Waals surface area (Å²) in [5, 5.41) is 3.04. The third kappa shape index (κ3) is 11.4. The third-order valence-electron chi connectivity index (χ3n) is 10.8. The molecular weight excluding hydrogens is 662 g/mol. The first kappa shape index (κ1) is 40.0. The van der Waals surface area contributed by atoms with E-state index in [0.717, 1.165) is 34.2 Å². The Hall–Kier alpha value is -2.74. The van der Waals surface area contributed by atoms with Gasteiger partial charge in [0.05, 0.1) is 18.3 Å². The van der Waals surface area contributed by atoms with E-state index in [-0.39, 0.29) is 36.8 Å². The van der Waals surface area contributed by atoms with Gasteiger partial charge in [-0.25, -0.2) is 4.79 Å². The molecule has 0 bridgehead atoms. The first-order valence-corrected chi connectivity index (χ1v) is 23.2. The topological polar surface area (TPSA) is 105 Å². The number of carbonyl (C=O) groups excluding carboxylic acids is 1. The van der Waals surface area contributed by atoms with Gasteiger partial charge >= 0.3 is 13.7 Å². The number of rotatable bonds is 19. The van der Waals surface area contributed by atoms with E-state index in [1.165, 1.54) is 44.1 Å². The molecule has 3 aromatic carbocycles. The van der Waals surface area contributed by atoms with Crippen LogP contribution in [0.5, 0.6) is 0 Å². The fourth-order valence-electron chi connectivity index (χ4n) is 6.54. The lowest BCUT2D eigenvalue weighted by Crippen LogP contribution is -2.56. The van der Waals surface area contributed by atoms with Crippen LogP contribution < -0.4 is 5.32 Å². The molecule has 0 aromatic heterocycles. The molecule has 1 aliphatic carbocycles. The van der Waals surface area contributed by atoms with Crippen LogP contribution in [0.2, 0.25) is 18.1 Å². The highest BCUT2D eigenvalue weighted by Gasteiger charge is 2.42. The van der Waals surface area contributed by atoms with Crippen LogP contribution in [0.1, 0.15) is 107 Å². The molecule has 0 heterocycles. The summed E-state index contributed by atoms with van der Waals surface area (Å²) in [5.41, 5.74) is 5.92. The summed E-state index contributed by atoms with van der Waals surface area (Å²) in [7, 11) is -6.65. The molecule has 1 aliphatic rings. The zero-order valence-electron chi connectivity index (χ0n) is 31.2. The van der Waals surface area contributed by atoms with E-state index in [4.69, 9.17) is 9.16 Å². The van der Waals surface area contributed by atoms with Gasteiger partial charge in [0.1, 0.15) is 6.61 Å². The summed E-state index contributed by atoms with van der Waals surface area (Å²) < 4.78 is 24.9. The van der Waals surface area contributed by atoms with Gasteiger partial charge in [0, 0.05) is 5.92 Å². The Labute approximate surface area is 301 Å². The zero-order valence-corrected chi connectivity index (χ0v) is 33.1. The third-order valence-corrected chi connectivity index (χ3v) is 16.1. The van der Waals surface area contributed by atoms with Crippen LogP contribution >= 0.6 is 7.60 Å². The largest absolute Gasteiger partial charge is 0.449 e. The van der Waals surface area contributed by atoms with Crippen LogP contribution in [0.3, 0.4) is 0 Å². The van der Waals surface area contributed by atoms with Gasteiger partial charge < -0.3 is 24.3 Å². The first-order valence-electron chi connectivity index (χ1n) is 18.5. The molecule has 1 amide bonds. The predicted octanol–water partition coefficient (Wildman–Crippen LogP) is 10.4. The highest BCUT2D eigenvalue weighted by Crippen LogP contribution is 2.45. The van der Waals surface area contributed by atoms with Crippen LogP contribution in [-0.2, 0) is 26.6 Å². The molecule has 1 atom stereocenters. The second-order valence-corrected chi connectivity index (χ2v) is 22.3. The summed E-state index contributed by atoms with van der Waals surface area (Å²) in [4.78, 5) is 33.7. The molecule has 50 heavy (non-hydrogen) atoms. The molecule has 3 aromatic rings. The maximum absolute atomic E-state index is 13.8. The van der Waals surface area contributed by atoms with Crippen molar-refractivity contribution in [3.8, 4) is 11.1 Å². The monoisotopic (exact) mass is 721 g/mol. The number of ether oxygens (including phenoxy) is 1. The van der Waals surface area contributed by atoms with Crippen LogP contribution in [0.25, 0.3) is 11.1 Å². The summed E-state index contributed by atoms with van der Waals surface area (Å²) >= 11 is 0. The number of fused-ring (bicyclic) bond motifs is 3. The first-order chi connectivity index (χ1) is 23.6. The van der Waals surface area contributed by atoms with Gasteiger partial charge in [0.25, 0.3) is 0 Å². The number of amides is 1. The number of hydrogen-bond acceptors (Lipinski definition) is 4. The predicted molar refractivity (Wildman–Crippen MR) is 207 cm³/mol. The zero-order chi connectivity index (χ0) is 36.4. The maximum atomic E-state index is 13.8. The van der Waals surface area contributed by atoms with Crippen molar-refractivity contribution >= 4 is 22.0 Å². The Morgan fingerprint density at radius 1 is 0.800 bits per heavy atom. The lowest BCUT2D eigenvalue weighted by Gasteiger charge is -2.42. The van der Waals surface area contributed by atoms with Crippen LogP contribution in [0, 0.1) is 0 Å².